The molecule has 0 aliphatic carbocycles. The van der Waals surface area contributed by atoms with E-state index in [2.05, 4.69) is 57.9 Å². The van der Waals surface area contributed by atoms with Gasteiger partial charge in [-0.2, -0.15) is 0 Å². The van der Waals surface area contributed by atoms with Crippen molar-refractivity contribution in [1.29, 1.82) is 0 Å². The Morgan fingerprint density at radius 3 is 2.31 bits per heavy atom. The molecule has 0 amide bonds. The Labute approximate surface area is 176 Å². The number of rotatable bonds is 8. The molecule has 0 spiro atoms. The fourth-order valence-corrected chi connectivity index (χ4v) is 3.77. The summed E-state index contributed by atoms with van der Waals surface area (Å²) in [7, 11) is 1.78. The first-order chi connectivity index (χ1) is 14.2. The molecular weight excluding hydrogens is 380 g/mol. The minimum Gasteiger partial charge on any atom is -0.372 e. The molecular formula is C23H28N4OS. The van der Waals surface area contributed by atoms with Gasteiger partial charge in [-0.25, -0.2) is 4.98 Å². The summed E-state index contributed by atoms with van der Waals surface area (Å²) >= 11 is 1.72. The fraction of sp³-hybridized carbons (Fsp3) is 0.304. The predicted octanol–water partition coefficient (Wildman–Crippen LogP) is 4.34. The Balaban J connectivity index is 1.51. The number of hydrogen-bond donors (Lipinski definition) is 2. The number of nitrogens with one attached hydrogen (secondary N) is 2. The molecule has 0 fully saturated rings. The van der Waals surface area contributed by atoms with E-state index in [1.165, 1.54) is 21.6 Å². The third-order valence-corrected chi connectivity index (χ3v) is 5.71. The first kappa shape index (κ1) is 21.0. The fourth-order valence-electron chi connectivity index (χ4n) is 2.90. The van der Waals surface area contributed by atoms with E-state index in [0.29, 0.717) is 26.3 Å². The maximum absolute atomic E-state index is 5.92. The van der Waals surface area contributed by atoms with Gasteiger partial charge in [-0.1, -0.05) is 54.6 Å². The standard InChI is InChI=1S/C23H28N4OS/c1-17-18(2)29-22(27-17)14-26-23(24-3)25-13-20-11-7-8-12-21(20)16-28-15-19-9-5-4-6-10-19/h4-12H,13-16H2,1-3H3,(H2,24,25,26). The van der Waals surface area contributed by atoms with E-state index in [1.54, 1.807) is 18.4 Å². The summed E-state index contributed by atoms with van der Waals surface area (Å²) in [5.41, 5.74) is 4.65. The monoisotopic (exact) mass is 408 g/mol. The first-order valence-corrected chi connectivity index (χ1v) is 10.5. The molecule has 0 unspecified atom stereocenters. The van der Waals surface area contributed by atoms with E-state index in [1.807, 2.05) is 31.2 Å². The highest BCUT2D eigenvalue weighted by Gasteiger charge is 2.07. The zero-order chi connectivity index (χ0) is 20.5. The van der Waals surface area contributed by atoms with E-state index in [-0.39, 0.29) is 0 Å². The maximum atomic E-state index is 5.92. The Hall–Kier alpha value is -2.70. The van der Waals surface area contributed by atoms with Gasteiger partial charge in [0.15, 0.2) is 5.96 Å². The van der Waals surface area contributed by atoms with Crippen molar-refractivity contribution in [3.05, 3.63) is 86.9 Å². The van der Waals surface area contributed by atoms with Crippen LogP contribution < -0.4 is 10.6 Å². The van der Waals surface area contributed by atoms with Gasteiger partial charge in [0.25, 0.3) is 0 Å². The molecule has 5 nitrogen and oxygen atoms in total. The van der Waals surface area contributed by atoms with Crippen LogP contribution in [-0.4, -0.2) is 18.0 Å². The van der Waals surface area contributed by atoms with E-state index >= 15 is 0 Å². The number of aryl methyl sites for hydroxylation is 2. The Kier molecular flexibility index (Phi) is 7.78. The summed E-state index contributed by atoms with van der Waals surface area (Å²) in [5, 5.41) is 7.79. The van der Waals surface area contributed by atoms with Crippen molar-refractivity contribution in [2.24, 2.45) is 4.99 Å². The highest BCUT2D eigenvalue weighted by atomic mass is 32.1. The number of aromatic nitrogens is 1. The Morgan fingerprint density at radius 2 is 1.62 bits per heavy atom. The second kappa shape index (κ2) is 10.7. The van der Waals surface area contributed by atoms with Gasteiger partial charge in [0, 0.05) is 18.5 Å². The summed E-state index contributed by atoms with van der Waals surface area (Å²) in [5.74, 6) is 0.760. The van der Waals surface area contributed by atoms with Crippen molar-refractivity contribution in [2.45, 2.75) is 40.2 Å². The predicted molar refractivity (Wildman–Crippen MR) is 120 cm³/mol. The highest BCUT2D eigenvalue weighted by Crippen LogP contribution is 2.16. The molecule has 152 valence electrons. The maximum Gasteiger partial charge on any atom is 0.191 e. The number of aliphatic imine (C=N–C) groups is 1. The molecule has 2 N–H and O–H groups in total. The summed E-state index contributed by atoms with van der Waals surface area (Å²) in [6.07, 6.45) is 0. The number of guanidine groups is 1. The summed E-state index contributed by atoms with van der Waals surface area (Å²) < 4.78 is 5.92. The van der Waals surface area contributed by atoms with Gasteiger partial charge in [0.05, 0.1) is 25.5 Å². The molecule has 3 rings (SSSR count). The van der Waals surface area contributed by atoms with Gasteiger partial charge < -0.3 is 15.4 Å². The number of ether oxygens (including phenoxy) is 1. The van der Waals surface area contributed by atoms with Crippen LogP contribution in [0, 0.1) is 13.8 Å². The zero-order valence-corrected chi connectivity index (χ0v) is 18.1. The van der Waals surface area contributed by atoms with Gasteiger partial charge in [0.2, 0.25) is 0 Å². The lowest BCUT2D eigenvalue weighted by atomic mass is 10.1. The molecule has 0 radical (unpaired) electrons. The molecule has 1 aromatic heterocycles. The van der Waals surface area contributed by atoms with E-state index < -0.39 is 0 Å². The van der Waals surface area contributed by atoms with Crippen LogP contribution in [0.1, 0.15) is 32.3 Å². The third-order valence-electron chi connectivity index (χ3n) is 4.64. The molecule has 0 bridgehead atoms. The molecule has 2 aromatic carbocycles. The van der Waals surface area contributed by atoms with Crippen molar-refractivity contribution in [3.63, 3.8) is 0 Å². The van der Waals surface area contributed by atoms with Crippen LogP contribution in [0.4, 0.5) is 0 Å². The minimum absolute atomic E-state index is 0.580. The topological polar surface area (TPSA) is 58.5 Å². The van der Waals surface area contributed by atoms with Crippen molar-refractivity contribution in [2.75, 3.05) is 7.05 Å². The molecule has 0 saturated heterocycles. The van der Waals surface area contributed by atoms with E-state index in [9.17, 15) is 0 Å². The van der Waals surface area contributed by atoms with Crippen molar-refractivity contribution in [3.8, 4) is 0 Å². The average molecular weight is 409 g/mol. The SMILES string of the molecule is CN=C(NCc1nc(C)c(C)s1)NCc1ccccc1COCc1ccccc1. The van der Waals surface area contributed by atoms with Crippen LogP contribution in [0.3, 0.4) is 0 Å². The number of benzene rings is 2. The van der Waals surface area contributed by atoms with Crippen molar-refractivity contribution >= 4 is 17.3 Å². The normalized spacial score (nSPS) is 11.5. The minimum atomic E-state index is 0.580. The summed E-state index contributed by atoms with van der Waals surface area (Å²) in [6.45, 7) is 6.68. The van der Waals surface area contributed by atoms with Gasteiger partial charge in [-0.15, -0.1) is 11.3 Å². The van der Waals surface area contributed by atoms with E-state index in [4.69, 9.17) is 4.74 Å². The first-order valence-electron chi connectivity index (χ1n) is 9.71. The van der Waals surface area contributed by atoms with Crippen LogP contribution in [0.2, 0.25) is 0 Å². The second-order valence-electron chi connectivity index (χ2n) is 6.78. The zero-order valence-electron chi connectivity index (χ0n) is 17.2. The van der Waals surface area contributed by atoms with Gasteiger partial charge in [-0.3, -0.25) is 4.99 Å². The summed E-state index contributed by atoms with van der Waals surface area (Å²) in [6, 6.07) is 18.6. The van der Waals surface area contributed by atoms with E-state index in [0.717, 1.165) is 16.7 Å². The van der Waals surface area contributed by atoms with Crippen LogP contribution in [0.25, 0.3) is 0 Å². The second-order valence-corrected chi connectivity index (χ2v) is 8.06. The Morgan fingerprint density at radius 1 is 0.931 bits per heavy atom. The molecule has 1 heterocycles. The largest absolute Gasteiger partial charge is 0.372 e. The number of hydrogen-bond acceptors (Lipinski definition) is 4. The Bertz CT molecular complexity index is 918. The molecule has 29 heavy (non-hydrogen) atoms. The quantitative estimate of drug-likeness (QED) is 0.430. The number of thiazole rings is 1. The average Bonchev–Trinajstić information content (AvgIpc) is 3.07. The molecule has 0 aliphatic heterocycles. The van der Waals surface area contributed by atoms with Crippen LogP contribution in [0.5, 0.6) is 0 Å². The lowest BCUT2D eigenvalue weighted by Crippen LogP contribution is -2.36. The van der Waals surface area contributed by atoms with Gasteiger partial charge >= 0.3 is 0 Å². The van der Waals surface area contributed by atoms with Crippen LogP contribution in [0.15, 0.2) is 59.6 Å². The molecule has 0 aliphatic rings. The third kappa shape index (κ3) is 6.41. The highest BCUT2D eigenvalue weighted by molar-refractivity contribution is 7.11. The van der Waals surface area contributed by atoms with Crippen LogP contribution in [-0.2, 0) is 31.0 Å². The van der Waals surface area contributed by atoms with Crippen molar-refractivity contribution in [1.82, 2.24) is 15.6 Å². The lowest BCUT2D eigenvalue weighted by molar-refractivity contribution is 0.106. The van der Waals surface area contributed by atoms with Crippen LogP contribution >= 0.6 is 11.3 Å². The molecule has 6 heteroatoms. The van der Waals surface area contributed by atoms with Gasteiger partial charge in [-0.05, 0) is 30.5 Å². The van der Waals surface area contributed by atoms with Gasteiger partial charge in [0.1, 0.15) is 5.01 Å². The smallest absolute Gasteiger partial charge is 0.191 e. The molecule has 3 aromatic rings. The lowest BCUT2D eigenvalue weighted by Gasteiger charge is -2.14. The van der Waals surface area contributed by atoms with Crippen molar-refractivity contribution < 1.29 is 4.74 Å². The molecule has 0 atom stereocenters. The summed E-state index contributed by atoms with van der Waals surface area (Å²) in [4.78, 5) is 10.1. The molecule has 0 saturated carbocycles. The number of nitrogens with zero attached hydrogens (tertiary/aromatic N) is 2.